The largest absolute Gasteiger partial charge is 0.504 e. The third-order valence-electron chi connectivity index (χ3n) is 5.33. The predicted octanol–water partition coefficient (Wildman–Crippen LogP) is 1.72. The van der Waals surface area contributed by atoms with Crippen LogP contribution in [0.2, 0.25) is 0 Å². The molecule has 0 bridgehead atoms. The van der Waals surface area contributed by atoms with Gasteiger partial charge >= 0.3 is 10.2 Å². The van der Waals surface area contributed by atoms with Gasteiger partial charge in [-0.05, 0) is 44.4 Å². The molecule has 0 saturated carbocycles. The van der Waals surface area contributed by atoms with Crippen LogP contribution in [0.15, 0.2) is 28.7 Å². The van der Waals surface area contributed by atoms with Gasteiger partial charge in [-0.2, -0.15) is 8.42 Å². The maximum Gasteiger partial charge on any atom is 0.344 e. The number of nitrogens with zero attached hydrogens (tertiary/aromatic N) is 3. The Balaban J connectivity index is 1.61. The van der Waals surface area contributed by atoms with Crippen LogP contribution >= 0.6 is 0 Å². The molecule has 164 valence electrons. The van der Waals surface area contributed by atoms with E-state index in [0.717, 1.165) is 19.3 Å². The number of amidine groups is 1. The zero-order valence-electron chi connectivity index (χ0n) is 16.9. The molecule has 2 aliphatic heterocycles. The normalized spacial score (nSPS) is 19.7. The van der Waals surface area contributed by atoms with Crippen LogP contribution in [0.5, 0.6) is 11.5 Å². The Labute approximate surface area is 179 Å². The number of aromatic nitrogens is 1. The molecule has 10 nitrogen and oxygen atoms in total. The molecule has 0 unspecified atom stereocenters. The molecule has 4 N–H and O–H groups in total. The number of pyridine rings is 1. The summed E-state index contributed by atoms with van der Waals surface area (Å²) in [7, 11) is -3.87. The lowest BCUT2D eigenvalue weighted by molar-refractivity contribution is 0.112. The van der Waals surface area contributed by atoms with Crippen LogP contribution in [0.25, 0.3) is 0 Å². The Bertz CT molecular complexity index is 1160. The number of carbonyl (C=O) groups excluding carboxylic acids is 1. The number of aldehydes is 1. The fourth-order valence-electron chi connectivity index (χ4n) is 3.94. The van der Waals surface area contributed by atoms with Gasteiger partial charge in [0.25, 0.3) is 0 Å². The van der Waals surface area contributed by atoms with Crippen molar-refractivity contribution in [3.8, 4) is 11.5 Å². The SMILES string of the molecule is Cc1cc(C=O)c(O)c(N2CCCC[C@@H]2COc2cccc3c2C(N)=NS(=O)(=O)N3)n1. The van der Waals surface area contributed by atoms with Gasteiger partial charge in [0.2, 0.25) is 0 Å². The summed E-state index contributed by atoms with van der Waals surface area (Å²) in [4.78, 5) is 17.7. The van der Waals surface area contributed by atoms with Crippen LogP contribution < -0.4 is 20.1 Å². The van der Waals surface area contributed by atoms with Crippen molar-refractivity contribution in [3.05, 3.63) is 41.1 Å². The molecule has 0 amide bonds. The molecule has 0 spiro atoms. The number of rotatable bonds is 5. The molecule has 0 aliphatic carbocycles. The number of hydrogen-bond donors (Lipinski definition) is 3. The van der Waals surface area contributed by atoms with E-state index in [1.807, 2.05) is 4.90 Å². The number of fused-ring (bicyclic) bond motifs is 1. The lowest BCUT2D eigenvalue weighted by Gasteiger charge is -2.37. The monoisotopic (exact) mass is 445 g/mol. The smallest absolute Gasteiger partial charge is 0.344 e. The molecule has 11 heteroatoms. The van der Waals surface area contributed by atoms with Crippen LogP contribution in [0.3, 0.4) is 0 Å². The van der Waals surface area contributed by atoms with Crippen LogP contribution in [0.1, 0.15) is 40.9 Å². The molecular weight excluding hydrogens is 422 g/mol. The minimum Gasteiger partial charge on any atom is -0.504 e. The first-order valence-corrected chi connectivity index (χ1v) is 11.3. The zero-order valence-corrected chi connectivity index (χ0v) is 17.7. The molecule has 4 rings (SSSR count). The summed E-state index contributed by atoms with van der Waals surface area (Å²) in [5.41, 5.74) is 7.40. The Hall–Kier alpha value is -3.34. The predicted molar refractivity (Wildman–Crippen MR) is 116 cm³/mol. The van der Waals surface area contributed by atoms with Gasteiger partial charge in [0.15, 0.2) is 23.7 Å². The molecule has 2 aromatic rings. The molecule has 1 aromatic carbocycles. The maximum absolute atomic E-state index is 11.8. The van der Waals surface area contributed by atoms with Gasteiger partial charge < -0.3 is 20.5 Å². The summed E-state index contributed by atoms with van der Waals surface area (Å²) in [5.74, 6) is 0.481. The minimum absolute atomic E-state index is 0.109. The molecule has 3 heterocycles. The van der Waals surface area contributed by atoms with E-state index in [4.69, 9.17) is 10.5 Å². The number of anilines is 2. The first-order valence-electron chi connectivity index (χ1n) is 9.86. The average Bonchev–Trinajstić information content (AvgIpc) is 2.72. The van der Waals surface area contributed by atoms with Crippen molar-refractivity contribution in [2.24, 2.45) is 10.1 Å². The highest BCUT2D eigenvalue weighted by molar-refractivity contribution is 7.91. The van der Waals surface area contributed by atoms with E-state index in [9.17, 15) is 18.3 Å². The number of nitrogens with one attached hydrogen (secondary N) is 1. The van der Waals surface area contributed by atoms with E-state index in [-0.39, 0.29) is 29.8 Å². The van der Waals surface area contributed by atoms with Crippen LogP contribution in [-0.4, -0.2) is 49.8 Å². The fraction of sp³-hybridized carbons (Fsp3) is 0.350. The average molecular weight is 446 g/mol. The van der Waals surface area contributed by atoms with Crippen molar-refractivity contribution in [1.82, 2.24) is 4.98 Å². The van der Waals surface area contributed by atoms with Gasteiger partial charge in [-0.15, -0.1) is 4.40 Å². The molecule has 1 saturated heterocycles. The Morgan fingerprint density at radius 3 is 2.97 bits per heavy atom. The molecule has 1 fully saturated rings. The van der Waals surface area contributed by atoms with E-state index < -0.39 is 10.2 Å². The van der Waals surface area contributed by atoms with E-state index >= 15 is 0 Å². The third kappa shape index (κ3) is 4.13. The summed E-state index contributed by atoms with van der Waals surface area (Å²) in [5, 5.41) is 10.5. The Kier molecular flexibility index (Phi) is 5.44. The molecule has 1 aromatic heterocycles. The second-order valence-electron chi connectivity index (χ2n) is 7.53. The number of nitrogens with two attached hydrogens (primary N) is 1. The molecule has 1 atom stereocenters. The second kappa shape index (κ2) is 8.06. The molecule has 31 heavy (non-hydrogen) atoms. The van der Waals surface area contributed by atoms with Gasteiger partial charge in [-0.1, -0.05) is 6.07 Å². The highest BCUT2D eigenvalue weighted by atomic mass is 32.2. The number of hydrogen-bond acceptors (Lipinski definition) is 8. The topological polar surface area (TPSA) is 147 Å². The number of piperidine rings is 1. The summed E-state index contributed by atoms with van der Waals surface area (Å²) < 4.78 is 35.4. The summed E-state index contributed by atoms with van der Waals surface area (Å²) in [6.45, 7) is 2.68. The van der Waals surface area contributed by atoms with Crippen molar-refractivity contribution < 1.29 is 23.1 Å². The Morgan fingerprint density at radius 2 is 2.19 bits per heavy atom. The van der Waals surface area contributed by atoms with E-state index in [1.165, 1.54) is 0 Å². The van der Waals surface area contributed by atoms with Crippen molar-refractivity contribution in [2.45, 2.75) is 32.2 Å². The minimum atomic E-state index is -3.87. The van der Waals surface area contributed by atoms with Crippen molar-refractivity contribution >= 4 is 33.8 Å². The van der Waals surface area contributed by atoms with Gasteiger partial charge in [0.1, 0.15) is 12.4 Å². The number of aryl methyl sites for hydroxylation is 1. The lowest BCUT2D eigenvalue weighted by atomic mass is 10.0. The van der Waals surface area contributed by atoms with Crippen LogP contribution in [0.4, 0.5) is 11.5 Å². The van der Waals surface area contributed by atoms with Gasteiger partial charge in [0.05, 0.1) is 22.9 Å². The Morgan fingerprint density at radius 1 is 1.39 bits per heavy atom. The van der Waals surface area contributed by atoms with Crippen molar-refractivity contribution in [2.75, 3.05) is 22.8 Å². The fourth-order valence-corrected chi connectivity index (χ4v) is 4.78. The van der Waals surface area contributed by atoms with Gasteiger partial charge in [0, 0.05) is 12.2 Å². The zero-order chi connectivity index (χ0) is 22.2. The van der Waals surface area contributed by atoms with E-state index in [2.05, 4.69) is 14.1 Å². The third-order valence-corrected chi connectivity index (χ3v) is 6.24. The lowest BCUT2D eigenvalue weighted by Crippen LogP contribution is -2.44. The number of carbonyl (C=O) groups is 1. The molecule has 0 radical (unpaired) electrons. The summed E-state index contributed by atoms with van der Waals surface area (Å²) in [6.07, 6.45) is 3.32. The first kappa shape index (κ1) is 20.9. The first-order chi connectivity index (χ1) is 14.8. The van der Waals surface area contributed by atoms with Crippen molar-refractivity contribution in [1.29, 1.82) is 0 Å². The molecular formula is C20H23N5O5S. The number of ether oxygens (including phenoxy) is 1. The standard InChI is InChI=1S/C20H23N5O5S/c1-12-9-13(10-26)18(27)20(22-12)25-8-3-2-5-14(25)11-30-16-7-4-6-15-17(16)19(21)24-31(28,29)23-15/h4,6-7,9-10,14,23,27H,2-3,5,8,11H2,1H3,(H2,21,24)/t14-/m1/s1. The van der Waals surface area contributed by atoms with Crippen LogP contribution in [0, 0.1) is 6.92 Å². The van der Waals surface area contributed by atoms with E-state index in [1.54, 1.807) is 31.2 Å². The van der Waals surface area contributed by atoms with Crippen LogP contribution in [-0.2, 0) is 10.2 Å². The quantitative estimate of drug-likeness (QED) is 0.590. The van der Waals surface area contributed by atoms with Gasteiger partial charge in [-0.25, -0.2) is 4.98 Å². The molecule has 2 aliphatic rings. The van der Waals surface area contributed by atoms with E-state index in [0.29, 0.717) is 41.3 Å². The number of aromatic hydroxyl groups is 1. The summed E-state index contributed by atoms with van der Waals surface area (Å²) in [6, 6.07) is 6.38. The van der Waals surface area contributed by atoms with Gasteiger partial charge in [-0.3, -0.25) is 9.52 Å². The summed E-state index contributed by atoms with van der Waals surface area (Å²) >= 11 is 0. The highest BCUT2D eigenvalue weighted by Crippen LogP contribution is 2.35. The van der Waals surface area contributed by atoms with Crippen molar-refractivity contribution in [3.63, 3.8) is 0 Å². The highest BCUT2D eigenvalue weighted by Gasteiger charge is 2.29. The maximum atomic E-state index is 11.8. The second-order valence-corrected chi connectivity index (χ2v) is 8.87. The number of benzene rings is 1.